The van der Waals surface area contributed by atoms with Gasteiger partial charge in [0.2, 0.25) is 5.91 Å². The molecule has 0 spiro atoms. The third kappa shape index (κ3) is 5.37. The highest BCUT2D eigenvalue weighted by molar-refractivity contribution is 5.97. The van der Waals surface area contributed by atoms with Gasteiger partial charge in [-0.05, 0) is 17.9 Å². The molecular weight excluding hydrogens is 300 g/mol. The molecule has 0 saturated carbocycles. The fourth-order valence-corrected chi connectivity index (χ4v) is 2.67. The molecule has 2 aromatic carbocycles. The number of hydrogen-bond acceptors (Lipinski definition) is 3. The Morgan fingerprint density at radius 3 is 2.67 bits per heavy atom. The van der Waals surface area contributed by atoms with Crippen molar-refractivity contribution in [2.45, 2.75) is 51.9 Å². The summed E-state index contributed by atoms with van der Waals surface area (Å²) in [6.07, 6.45) is 8.90. The van der Waals surface area contributed by atoms with Crippen LogP contribution in [-0.2, 0) is 4.79 Å². The summed E-state index contributed by atoms with van der Waals surface area (Å²) in [6, 6.07) is 11.3. The summed E-state index contributed by atoms with van der Waals surface area (Å²) in [5.41, 5.74) is 3.12. The topological polar surface area (TPSA) is 61.7 Å². The number of nitrogens with one attached hydrogen (secondary N) is 1. The summed E-state index contributed by atoms with van der Waals surface area (Å²) in [6.45, 7) is 2.19. The van der Waals surface area contributed by atoms with Crippen LogP contribution in [0.1, 0.15) is 57.4 Å². The quantitative estimate of drug-likeness (QED) is 0.397. The number of benzene rings is 2. The summed E-state index contributed by atoms with van der Waals surface area (Å²) in [7, 11) is 0. The van der Waals surface area contributed by atoms with E-state index in [1.54, 1.807) is 6.07 Å². The fourth-order valence-electron chi connectivity index (χ4n) is 2.67. The van der Waals surface area contributed by atoms with Crippen molar-refractivity contribution in [2.24, 2.45) is 5.10 Å². The molecule has 0 bridgehead atoms. The maximum absolute atomic E-state index is 11.7. The summed E-state index contributed by atoms with van der Waals surface area (Å²) < 4.78 is 0. The van der Waals surface area contributed by atoms with Crippen LogP contribution in [0.5, 0.6) is 5.75 Å². The van der Waals surface area contributed by atoms with Crippen LogP contribution in [0, 0.1) is 0 Å². The lowest BCUT2D eigenvalue weighted by molar-refractivity contribution is -0.121. The Hall–Kier alpha value is -2.36. The number of fused-ring (bicyclic) bond motifs is 1. The number of hydrogen-bond donors (Lipinski definition) is 2. The van der Waals surface area contributed by atoms with Crippen LogP contribution in [0.3, 0.4) is 0 Å². The highest BCUT2D eigenvalue weighted by atomic mass is 16.3. The minimum Gasteiger partial charge on any atom is -0.507 e. The Morgan fingerprint density at radius 1 is 1.08 bits per heavy atom. The Bertz CT molecular complexity index is 695. The van der Waals surface area contributed by atoms with Gasteiger partial charge in [-0.15, -0.1) is 0 Å². The van der Waals surface area contributed by atoms with Crippen LogP contribution >= 0.6 is 0 Å². The number of carbonyl (C=O) groups is 1. The van der Waals surface area contributed by atoms with Gasteiger partial charge in [0, 0.05) is 17.4 Å². The first-order valence-electron chi connectivity index (χ1n) is 8.75. The Labute approximate surface area is 143 Å². The second-order valence-corrected chi connectivity index (χ2v) is 6.04. The molecule has 0 atom stereocenters. The SMILES string of the molecule is CCCCCCCCC(=O)N/N=C/c1ccc2ccccc2c1O. The van der Waals surface area contributed by atoms with Gasteiger partial charge in [0.05, 0.1) is 6.21 Å². The van der Waals surface area contributed by atoms with Crippen molar-refractivity contribution in [1.29, 1.82) is 0 Å². The summed E-state index contributed by atoms with van der Waals surface area (Å²) in [5, 5.41) is 16.0. The van der Waals surface area contributed by atoms with Gasteiger partial charge < -0.3 is 5.11 Å². The zero-order valence-corrected chi connectivity index (χ0v) is 14.3. The normalized spacial score (nSPS) is 11.2. The number of aromatic hydroxyl groups is 1. The van der Waals surface area contributed by atoms with Crippen molar-refractivity contribution >= 4 is 22.9 Å². The van der Waals surface area contributed by atoms with Crippen molar-refractivity contribution in [1.82, 2.24) is 5.43 Å². The fraction of sp³-hybridized carbons (Fsp3) is 0.400. The number of amides is 1. The number of phenols is 1. The highest BCUT2D eigenvalue weighted by Gasteiger charge is 2.04. The van der Waals surface area contributed by atoms with E-state index in [9.17, 15) is 9.90 Å². The number of unbranched alkanes of at least 4 members (excludes halogenated alkanes) is 5. The van der Waals surface area contributed by atoms with E-state index in [4.69, 9.17) is 0 Å². The molecule has 128 valence electrons. The lowest BCUT2D eigenvalue weighted by atomic mass is 10.1. The van der Waals surface area contributed by atoms with Crippen molar-refractivity contribution in [3.05, 3.63) is 42.0 Å². The molecule has 4 nitrogen and oxygen atoms in total. The van der Waals surface area contributed by atoms with Gasteiger partial charge in [0.1, 0.15) is 5.75 Å². The smallest absolute Gasteiger partial charge is 0.240 e. The third-order valence-corrected chi connectivity index (χ3v) is 4.08. The molecule has 4 heteroatoms. The number of phenolic OH excluding ortho intramolecular Hbond substituents is 1. The first kappa shape index (κ1) is 18.0. The molecule has 2 aromatic rings. The molecule has 0 unspecified atom stereocenters. The van der Waals surface area contributed by atoms with Crippen molar-refractivity contribution in [2.75, 3.05) is 0 Å². The molecule has 0 aromatic heterocycles. The van der Waals surface area contributed by atoms with Gasteiger partial charge in [0.15, 0.2) is 0 Å². The van der Waals surface area contributed by atoms with Gasteiger partial charge in [-0.25, -0.2) is 5.43 Å². The standard InChI is InChI=1S/C20H26N2O2/c1-2-3-4-5-6-7-12-19(23)22-21-15-17-14-13-16-10-8-9-11-18(16)20(17)24/h8-11,13-15,24H,2-7,12H2,1H3,(H,22,23)/b21-15+. The minimum atomic E-state index is -0.0815. The molecule has 0 fully saturated rings. The van der Waals surface area contributed by atoms with Gasteiger partial charge >= 0.3 is 0 Å². The summed E-state index contributed by atoms with van der Waals surface area (Å²) in [4.78, 5) is 11.7. The largest absolute Gasteiger partial charge is 0.507 e. The predicted octanol–water partition coefficient (Wildman–Crippen LogP) is 4.75. The van der Waals surface area contributed by atoms with E-state index in [1.807, 2.05) is 30.3 Å². The monoisotopic (exact) mass is 326 g/mol. The Kier molecular flexibility index (Phi) is 7.27. The number of nitrogens with zero attached hydrogens (tertiary/aromatic N) is 1. The molecule has 2 N–H and O–H groups in total. The average Bonchev–Trinajstić information content (AvgIpc) is 2.60. The van der Waals surface area contributed by atoms with Gasteiger partial charge in [0.25, 0.3) is 0 Å². The maximum Gasteiger partial charge on any atom is 0.240 e. The molecule has 0 heterocycles. The zero-order valence-electron chi connectivity index (χ0n) is 14.3. The molecular formula is C20H26N2O2. The van der Waals surface area contributed by atoms with Crippen LogP contribution in [0.2, 0.25) is 0 Å². The molecule has 0 radical (unpaired) electrons. The highest BCUT2D eigenvalue weighted by Crippen LogP contribution is 2.27. The Balaban J connectivity index is 1.79. The maximum atomic E-state index is 11.7. The number of hydrazone groups is 1. The second kappa shape index (κ2) is 9.71. The van der Waals surface area contributed by atoms with Crippen LogP contribution < -0.4 is 5.43 Å². The predicted molar refractivity (Wildman–Crippen MR) is 99.3 cm³/mol. The van der Waals surface area contributed by atoms with Crippen LogP contribution in [0.4, 0.5) is 0 Å². The summed E-state index contributed by atoms with van der Waals surface area (Å²) in [5.74, 6) is 0.101. The van der Waals surface area contributed by atoms with E-state index >= 15 is 0 Å². The Morgan fingerprint density at radius 2 is 1.83 bits per heavy atom. The molecule has 24 heavy (non-hydrogen) atoms. The van der Waals surface area contributed by atoms with E-state index in [0.29, 0.717) is 12.0 Å². The van der Waals surface area contributed by atoms with Crippen molar-refractivity contribution in [3.63, 3.8) is 0 Å². The van der Waals surface area contributed by atoms with E-state index in [0.717, 1.165) is 23.6 Å². The zero-order chi connectivity index (χ0) is 17.2. The lowest BCUT2D eigenvalue weighted by Gasteiger charge is -2.04. The molecule has 0 aliphatic heterocycles. The van der Waals surface area contributed by atoms with Crippen LogP contribution in [0.25, 0.3) is 10.8 Å². The lowest BCUT2D eigenvalue weighted by Crippen LogP contribution is -2.16. The van der Waals surface area contributed by atoms with Gasteiger partial charge in [-0.2, -0.15) is 5.10 Å². The molecule has 0 aliphatic carbocycles. The number of rotatable bonds is 9. The van der Waals surface area contributed by atoms with Crippen molar-refractivity contribution < 1.29 is 9.90 Å². The average molecular weight is 326 g/mol. The third-order valence-electron chi connectivity index (χ3n) is 4.08. The van der Waals surface area contributed by atoms with E-state index in [-0.39, 0.29) is 11.7 Å². The molecule has 0 aliphatic rings. The van der Waals surface area contributed by atoms with E-state index in [1.165, 1.54) is 31.9 Å². The van der Waals surface area contributed by atoms with E-state index < -0.39 is 0 Å². The summed E-state index contributed by atoms with van der Waals surface area (Å²) >= 11 is 0. The van der Waals surface area contributed by atoms with E-state index in [2.05, 4.69) is 17.5 Å². The minimum absolute atomic E-state index is 0.0815. The van der Waals surface area contributed by atoms with Gasteiger partial charge in [-0.1, -0.05) is 69.4 Å². The molecule has 1 amide bonds. The molecule has 0 saturated heterocycles. The number of carbonyl (C=O) groups excluding carboxylic acids is 1. The van der Waals surface area contributed by atoms with Crippen molar-refractivity contribution in [3.8, 4) is 5.75 Å². The van der Waals surface area contributed by atoms with Crippen LogP contribution in [0.15, 0.2) is 41.5 Å². The molecule has 2 rings (SSSR count). The second-order valence-electron chi connectivity index (χ2n) is 6.04. The first-order chi connectivity index (χ1) is 11.7. The van der Waals surface area contributed by atoms with Crippen LogP contribution in [-0.4, -0.2) is 17.2 Å². The van der Waals surface area contributed by atoms with Gasteiger partial charge in [-0.3, -0.25) is 4.79 Å². The first-order valence-corrected chi connectivity index (χ1v) is 8.75.